The lowest BCUT2D eigenvalue weighted by Crippen LogP contribution is -2.33. The number of aryl methyl sites for hydroxylation is 1. The summed E-state index contributed by atoms with van der Waals surface area (Å²) in [6, 6.07) is 26.6. The number of carbonyl (C=O) groups is 1. The molecule has 0 fully saturated rings. The second kappa shape index (κ2) is 10.4. The first-order valence-corrected chi connectivity index (χ1v) is 13.6. The number of carbonyl (C=O) groups excluding carboxylic acids is 1. The van der Waals surface area contributed by atoms with Gasteiger partial charge < -0.3 is 14.2 Å². The Morgan fingerprint density at radius 2 is 1.82 bits per heavy atom. The zero-order valence-electron chi connectivity index (χ0n) is 21.2. The summed E-state index contributed by atoms with van der Waals surface area (Å²) in [7, 11) is 1.54. The Bertz CT molecular complexity index is 1590. The van der Waals surface area contributed by atoms with Gasteiger partial charge in [0.05, 0.1) is 28.9 Å². The molecule has 6 nitrogen and oxygen atoms in total. The van der Waals surface area contributed by atoms with Gasteiger partial charge in [0.1, 0.15) is 5.75 Å². The Balaban J connectivity index is 1.38. The molecule has 4 aromatic rings. The Morgan fingerprint density at radius 1 is 1.05 bits per heavy atom. The highest BCUT2D eigenvalue weighted by molar-refractivity contribution is 9.10. The van der Waals surface area contributed by atoms with Gasteiger partial charge in [0.25, 0.3) is 0 Å². The summed E-state index contributed by atoms with van der Waals surface area (Å²) < 4.78 is 18.5. The normalized spacial score (nSPS) is 17.5. The van der Waals surface area contributed by atoms with Crippen molar-refractivity contribution in [2.45, 2.75) is 25.6 Å². The third kappa shape index (κ3) is 4.88. The molecular weight excluding hydrogens is 580 g/mol. The van der Waals surface area contributed by atoms with E-state index in [1.807, 2.05) is 72.6 Å². The summed E-state index contributed by atoms with van der Waals surface area (Å²) >= 11 is 9.97. The number of hydrogen-bond acceptors (Lipinski definition) is 6. The predicted molar refractivity (Wildman–Crippen MR) is 154 cm³/mol. The van der Waals surface area contributed by atoms with Crippen LogP contribution >= 0.6 is 27.5 Å². The lowest BCUT2D eigenvalue weighted by atomic mass is 9.96. The second-order valence-corrected chi connectivity index (χ2v) is 10.7. The van der Waals surface area contributed by atoms with Crippen molar-refractivity contribution in [3.63, 3.8) is 0 Å². The van der Waals surface area contributed by atoms with Crippen molar-refractivity contribution >= 4 is 39.2 Å². The van der Waals surface area contributed by atoms with Crippen LogP contribution in [-0.4, -0.2) is 23.8 Å². The van der Waals surface area contributed by atoms with E-state index in [1.165, 1.54) is 7.11 Å². The summed E-state index contributed by atoms with van der Waals surface area (Å²) in [4.78, 5) is 12.9. The molecule has 0 amide bonds. The molecule has 2 atom stereocenters. The van der Waals surface area contributed by atoms with Crippen LogP contribution in [0.25, 0.3) is 0 Å². The third-order valence-electron chi connectivity index (χ3n) is 6.88. The molecule has 0 saturated heterocycles. The Hall–Kier alpha value is -3.81. The number of halogens is 2. The van der Waals surface area contributed by atoms with E-state index in [2.05, 4.69) is 28.1 Å². The van der Waals surface area contributed by atoms with Crippen molar-refractivity contribution in [3.05, 3.63) is 122 Å². The molecule has 4 aromatic carbocycles. The Labute approximate surface area is 239 Å². The van der Waals surface area contributed by atoms with Gasteiger partial charge in [-0.1, -0.05) is 59.6 Å². The molecule has 2 aliphatic heterocycles. The standard InChI is InChI=1S/C31H24BrClN2O4/c1-18-8-10-20(11-9-18)31(36)39-29-24(32)14-21(15-28(29)37-2)30-35-26(23-16-22(33)12-13-27(23)38-30)17-25(34-35)19-6-4-3-5-7-19/h3-16,26,30H,17H2,1-2H3. The van der Waals surface area contributed by atoms with Crippen LogP contribution < -0.4 is 14.2 Å². The van der Waals surface area contributed by atoms with Gasteiger partial charge in [-0.2, -0.15) is 5.10 Å². The fraction of sp³-hybridized carbons (Fsp3) is 0.161. The van der Waals surface area contributed by atoms with E-state index in [0.717, 1.165) is 33.7 Å². The number of hydrogen-bond donors (Lipinski definition) is 0. The van der Waals surface area contributed by atoms with Gasteiger partial charge in [-0.15, -0.1) is 0 Å². The van der Waals surface area contributed by atoms with Crippen LogP contribution in [-0.2, 0) is 0 Å². The van der Waals surface area contributed by atoms with E-state index < -0.39 is 12.2 Å². The highest BCUT2D eigenvalue weighted by Gasteiger charge is 2.41. The molecule has 0 radical (unpaired) electrons. The topological polar surface area (TPSA) is 60.4 Å². The minimum Gasteiger partial charge on any atom is -0.493 e. The van der Waals surface area contributed by atoms with E-state index in [0.29, 0.717) is 33.0 Å². The number of esters is 1. The van der Waals surface area contributed by atoms with Crippen LogP contribution in [0.1, 0.15) is 51.3 Å². The molecule has 196 valence electrons. The maximum Gasteiger partial charge on any atom is 0.343 e. The third-order valence-corrected chi connectivity index (χ3v) is 7.70. The quantitative estimate of drug-likeness (QED) is 0.172. The molecule has 2 heterocycles. The lowest BCUT2D eigenvalue weighted by Gasteiger charge is -2.38. The summed E-state index contributed by atoms with van der Waals surface area (Å²) in [5.41, 5.74) is 5.32. The van der Waals surface area contributed by atoms with E-state index in [4.69, 9.17) is 30.9 Å². The number of hydrazone groups is 1. The molecule has 6 rings (SSSR count). The molecule has 0 bridgehead atoms. The van der Waals surface area contributed by atoms with Crippen molar-refractivity contribution in [3.8, 4) is 17.2 Å². The number of nitrogens with zero attached hydrogens (tertiary/aromatic N) is 2. The molecule has 0 spiro atoms. The molecule has 8 heteroatoms. The zero-order valence-corrected chi connectivity index (χ0v) is 23.6. The summed E-state index contributed by atoms with van der Waals surface area (Å²) in [6.07, 6.45) is 0.166. The molecule has 0 aromatic heterocycles. The molecular formula is C31H24BrClN2O4. The number of fused-ring (bicyclic) bond motifs is 3. The number of benzene rings is 4. The van der Waals surface area contributed by atoms with E-state index in [9.17, 15) is 4.79 Å². The number of ether oxygens (including phenoxy) is 3. The summed E-state index contributed by atoms with van der Waals surface area (Å²) in [6.45, 7) is 1.96. The summed E-state index contributed by atoms with van der Waals surface area (Å²) in [5, 5.41) is 7.63. The fourth-order valence-corrected chi connectivity index (χ4v) is 5.63. The van der Waals surface area contributed by atoms with Gasteiger partial charge in [0.15, 0.2) is 11.5 Å². The number of rotatable bonds is 5. The van der Waals surface area contributed by atoms with E-state index in [1.54, 1.807) is 12.1 Å². The van der Waals surface area contributed by atoms with Gasteiger partial charge in [-0.3, -0.25) is 0 Å². The Kier molecular flexibility index (Phi) is 6.79. The first-order valence-electron chi connectivity index (χ1n) is 12.4. The van der Waals surface area contributed by atoms with Gasteiger partial charge in [0.2, 0.25) is 6.23 Å². The van der Waals surface area contributed by atoms with Gasteiger partial charge in [0, 0.05) is 22.6 Å². The fourth-order valence-electron chi connectivity index (χ4n) is 4.91. The van der Waals surface area contributed by atoms with E-state index >= 15 is 0 Å². The summed E-state index contributed by atoms with van der Waals surface area (Å²) in [5.74, 6) is 0.966. The lowest BCUT2D eigenvalue weighted by molar-refractivity contribution is -0.0192. The van der Waals surface area contributed by atoms with Crippen molar-refractivity contribution in [2.24, 2.45) is 5.10 Å². The SMILES string of the molecule is COc1cc(C2Oc3ccc(Cl)cc3C3CC(c4ccccc4)=NN32)cc(Br)c1OC(=O)c1ccc(C)cc1. The van der Waals surface area contributed by atoms with Crippen LogP contribution in [0.4, 0.5) is 0 Å². The zero-order chi connectivity index (χ0) is 27.1. The van der Waals surface area contributed by atoms with Gasteiger partial charge in [-0.25, -0.2) is 9.80 Å². The first-order chi connectivity index (χ1) is 18.9. The highest BCUT2D eigenvalue weighted by Crippen LogP contribution is 2.50. The largest absolute Gasteiger partial charge is 0.493 e. The van der Waals surface area contributed by atoms with Crippen LogP contribution in [0, 0.1) is 6.92 Å². The van der Waals surface area contributed by atoms with Gasteiger partial charge >= 0.3 is 5.97 Å². The van der Waals surface area contributed by atoms with Crippen LogP contribution in [0.15, 0.2) is 94.5 Å². The molecule has 2 aliphatic rings. The maximum absolute atomic E-state index is 12.9. The molecule has 0 aliphatic carbocycles. The minimum atomic E-state index is -0.545. The van der Waals surface area contributed by atoms with Crippen LogP contribution in [0.2, 0.25) is 5.02 Å². The van der Waals surface area contributed by atoms with Crippen molar-refractivity contribution < 1.29 is 19.0 Å². The van der Waals surface area contributed by atoms with Crippen LogP contribution in [0.3, 0.4) is 0 Å². The van der Waals surface area contributed by atoms with Crippen LogP contribution in [0.5, 0.6) is 17.2 Å². The van der Waals surface area contributed by atoms with Crippen molar-refractivity contribution in [1.82, 2.24) is 5.01 Å². The average Bonchev–Trinajstić information content (AvgIpc) is 3.40. The highest BCUT2D eigenvalue weighted by atomic mass is 79.9. The molecule has 0 saturated carbocycles. The van der Waals surface area contributed by atoms with Crippen molar-refractivity contribution in [1.29, 1.82) is 0 Å². The maximum atomic E-state index is 12.9. The Morgan fingerprint density at radius 3 is 2.56 bits per heavy atom. The van der Waals surface area contributed by atoms with Crippen molar-refractivity contribution in [2.75, 3.05) is 7.11 Å². The second-order valence-electron chi connectivity index (χ2n) is 9.45. The molecule has 39 heavy (non-hydrogen) atoms. The smallest absolute Gasteiger partial charge is 0.343 e. The van der Waals surface area contributed by atoms with Gasteiger partial charge in [-0.05, 0) is 70.9 Å². The predicted octanol–water partition coefficient (Wildman–Crippen LogP) is 7.88. The first kappa shape index (κ1) is 25.5. The average molecular weight is 604 g/mol. The number of methoxy groups -OCH3 is 1. The molecule has 0 N–H and O–H groups in total. The molecule has 2 unspecified atom stereocenters. The monoisotopic (exact) mass is 602 g/mol. The van der Waals surface area contributed by atoms with E-state index in [-0.39, 0.29) is 6.04 Å². The minimum absolute atomic E-state index is 0.0588.